The van der Waals surface area contributed by atoms with Gasteiger partial charge in [0.05, 0.1) is 11.6 Å². The number of carboxylic acid groups (broad SMARTS) is 1. The van der Waals surface area contributed by atoms with Gasteiger partial charge in [-0.15, -0.1) is 0 Å². The summed E-state index contributed by atoms with van der Waals surface area (Å²) in [4.78, 5) is 18.2. The molecule has 0 spiro atoms. The van der Waals surface area contributed by atoms with Gasteiger partial charge in [0.15, 0.2) is 5.69 Å². The van der Waals surface area contributed by atoms with Gasteiger partial charge in [0.2, 0.25) is 5.82 Å². The Morgan fingerprint density at radius 3 is 2.50 bits per heavy atom. The van der Waals surface area contributed by atoms with E-state index in [0.29, 0.717) is 29.0 Å². The van der Waals surface area contributed by atoms with E-state index in [4.69, 9.17) is 16.1 Å². The summed E-state index contributed by atoms with van der Waals surface area (Å²) in [5.41, 5.74) is 7.13. The molecule has 9 heteroatoms. The Kier molecular flexibility index (Phi) is 7.63. The number of likely N-dealkylation sites (tertiary alicyclic amines) is 1. The van der Waals surface area contributed by atoms with E-state index in [9.17, 15) is 9.90 Å². The van der Waals surface area contributed by atoms with Crippen molar-refractivity contribution in [3.63, 3.8) is 0 Å². The monoisotopic (exact) mass is 533 g/mol. The van der Waals surface area contributed by atoms with Gasteiger partial charge in [0.1, 0.15) is 0 Å². The summed E-state index contributed by atoms with van der Waals surface area (Å²) in [7, 11) is 0. The summed E-state index contributed by atoms with van der Waals surface area (Å²) < 4.78 is 7.53. The summed E-state index contributed by atoms with van der Waals surface area (Å²) in [6.45, 7) is 9.56. The fourth-order valence-electron chi connectivity index (χ4n) is 5.28. The molecule has 0 amide bonds. The lowest BCUT2D eigenvalue weighted by atomic mass is 9.94. The largest absolute Gasteiger partial charge is 0.481 e. The number of aromatic nitrogens is 4. The van der Waals surface area contributed by atoms with Crippen molar-refractivity contribution in [2.75, 3.05) is 19.6 Å². The van der Waals surface area contributed by atoms with Crippen LogP contribution < -0.4 is 0 Å². The molecule has 8 nitrogen and oxygen atoms in total. The third-order valence-corrected chi connectivity index (χ3v) is 7.65. The first kappa shape index (κ1) is 26.1. The quantitative estimate of drug-likeness (QED) is 0.301. The van der Waals surface area contributed by atoms with Gasteiger partial charge in [0.25, 0.3) is 5.89 Å². The van der Waals surface area contributed by atoms with Crippen molar-refractivity contribution in [2.24, 2.45) is 5.92 Å². The van der Waals surface area contributed by atoms with E-state index < -0.39 is 5.97 Å². The highest BCUT2D eigenvalue weighted by Crippen LogP contribution is 2.30. The molecule has 1 aliphatic rings. The zero-order valence-corrected chi connectivity index (χ0v) is 22.7. The van der Waals surface area contributed by atoms with Crippen LogP contribution in [0, 0.1) is 19.8 Å². The highest BCUT2D eigenvalue weighted by molar-refractivity contribution is 6.30. The first-order valence-electron chi connectivity index (χ1n) is 13.1. The van der Waals surface area contributed by atoms with Gasteiger partial charge in [0, 0.05) is 29.2 Å². The molecule has 2 aromatic carbocycles. The van der Waals surface area contributed by atoms with Gasteiger partial charge in [-0.05, 0) is 100 Å². The molecule has 5 rings (SSSR count). The van der Waals surface area contributed by atoms with Crippen molar-refractivity contribution in [3.05, 3.63) is 64.2 Å². The van der Waals surface area contributed by atoms with Crippen molar-refractivity contribution in [1.82, 2.24) is 24.8 Å². The molecule has 0 bridgehead atoms. The lowest BCUT2D eigenvalue weighted by Gasteiger charge is -2.30. The number of carbonyl (C=O) groups is 1. The van der Waals surface area contributed by atoms with Crippen LogP contribution >= 0.6 is 11.6 Å². The molecule has 0 radical (unpaired) electrons. The molecule has 0 atom stereocenters. The molecule has 0 aliphatic carbocycles. The van der Waals surface area contributed by atoms with Crippen molar-refractivity contribution >= 4 is 17.6 Å². The lowest BCUT2D eigenvalue weighted by Crippen LogP contribution is -2.37. The van der Waals surface area contributed by atoms with Gasteiger partial charge in [-0.25, -0.2) is 0 Å². The molecule has 3 heterocycles. The minimum atomic E-state index is -0.670. The van der Waals surface area contributed by atoms with Crippen LogP contribution in [0.4, 0.5) is 0 Å². The molecule has 1 saturated heterocycles. The Labute approximate surface area is 227 Å². The van der Waals surface area contributed by atoms with Crippen LogP contribution in [0.3, 0.4) is 0 Å². The Hall–Kier alpha value is -3.49. The Bertz CT molecular complexity index is 1430. The molecule has 2 aromatic heterocycles. The number of aryl methyl sites for hydroxylation is 3. The summed E-state index contributed by atoms with van der Waals surface area (Å²) in [5, 5.41) is 18.8. The first-order valence-corrected chi connectivity index (χ1v) is 13.4. The average Bonchev–Trinajstić information content (AvgIpc) is 3.56. The second-order valence-corrected chi connectivity index (χ2v) is 10.4. The smallest absolute Gasteiger partial charge is 0.306 e. The van der Waals surface area contributed by atoms with Crippen molar-refractivity contribution in [3.8, 4) is 34.2 Å². The van der Waals surface area contributed by atoms with E-state index >= 15 is 0 Å². The van der Waals surface area contributed by atoms with E-state index in [2.05, 4.69) is 46.1 Å². The highest BCUT2D eigenvalue weighted by atomic mass is 35.5. The number of benzene rings is 2. The maximum Gasteiger partial charge on any atom is 0.306 e. The number of halogens is 1. The Morgan fingerprint density at radius 1 is 1.11 bits per heavy atom. The van der Waals surface area contributed by atoms with E-state index in [1.165, 1.54) is 16.7 Å². The topological polar surface area (TPSA) is 97.3 Å². The summed E-state index contributed by atoms with van der Waals surface area (Å²) in [6.07, 6.45) is 2.38. The number of aliphatic carboxylic acids is 1. The SMILES string of the molecule is CCn1nc(-c2nc(-c3cc(C)c(CCN4CCC(C(=O)O)CC4)c(C)c3)no2)cc1-c1cccc(Cl)c1. The predicted octanol–water partition coefficient (Wildman–Crippen LogP) is 5.90. The number of piperidine rings is 1. The number of rotatable bonds is 8. The molecule has 1 N–H and O–H groups in total. The van der Waals surface area contributed by atoms with Gasteiger partial charge in [-0.1, -0.05) is 28.9 Å². The molecule has 4 aromatic rings. The van der Waals surface area contributed by atoms with Crippen LogP contribution in [0.25, 0.3) is 34.2 Å². The van der Waals surface area contributed by atoms with Gasteiger partial charge in [-0.3, -0.25) is 9.48 Å². The maximum atomic E-state index is 11.2. The molecule has 198 valence electrons. The lowest BCUT2D eigenvalue weighted by molar-refractivity contribution is -0.143. The molecule has 0 unspecified atom stereocenters. The minimum absolute atomic E-state index is 0.201. The second kappa shape index (κ2) is 11.1. The van der Waals surface area contributed by atoms with Gasteiger partial charge < -0.3 is 14.5 Å². The maximum absolute atomic E-state index is 11.2. The Morgan fingerprint density at radius 2 is 1.84 bits per heavy atom. The van der Waals surface area contributed by atoms with Crippen molar-refractivity contribution in [1.29, 1.82) is 0 Å². The molecular formula is C29H32ClN5O3. The summed E-state index contributed by atoms with van der Waals surface area (Å²) in [5.74, 6) is 0.0355. The highest BCUT2D eigenvalue weighted by Gasteiger charge is 2.24. The fraction of sp³-hybridized carbons (Fsp3) is 0.379. The van der Waals surface area contributed by atoms with E-state index in [0.717, 1.165) is 55.7 Å². The summed E-state index contributed by atoms with van der Waals surface area (Å²) in [6, 6.07) is 13.9. The Balaban J connectivity index is 1.31. The van der Waals surface area contributed by atoms with Crippen molar-refractivity contribution in [2.45, 2.75) is 46.6 Å². The average molecular weight is 534 g/mol. The molecule has 0 saturated carbocycles. The van der Waals surface area contributed by atoms with E-state index in [-0.39, 0.29) is 5.92 Å². The van der Waals surface area contributed by atoms with Crippen LogP contribution in [0.15, 0.2) is 47.0 Å². The van der Waals surface area contributed by atoms with Crippen LogP contribution in [0.5, 0.6) is 0 Å². The van der Waals surface area contributed by atoms with Gasteiger partial charge in [-0.2, -0.15) is 10.1 Å². The van der Waals surface area contributed by atoms with Crippen molar-refractivity contribution < 1.29 is 14.4 Å². The number of nitrogens with zero attached hydrogens (tertiary/aromatic N) is 5. The number of hydrogen-bond donors (Lipinski definition) is 1. The molecule has 1 fully saturated rings. The number of hydrogen-bond acceptors (Lipinski definition) is 6. The zero-order chi connectivity index (χ0) is 26.8. The van der Waals surface area contributed by atoms with E-state index in [1.54, 1.807) is 0 Å². The van der Waals surface area contributed by atoms with Gasteiger partial charge >= 0.3 is 5.97 Å². The third kappa shape index (κ3) is 5.51. The fourth-order valence-corrected chi connectivity index (χ4v) is 5.47. The minimum Gasteiger partial charge on any atom is -0.481 e. The molecule has 38 heavy (non-hydrogen) atoms. The van der Waals surface area contributed by atoms with E-state index in [1.807, 2.05) is 41.9 Å². The predicted molar refractivity (Wildman–Crippen MR) is 147 cm³/mol. The molecular weight excluding hydrogens is 502 g/mol. The number of carboxylic acids is 1. The van der Waals surface area contributed by atoms with Crippen LogP contribution in [0.2, 0.25) is 5.02 Å². The summed E-state index contributed by atoms with van der Waals surface area (Å²) >= 11 is 6.20. The van der Waals surface area contributed by atoms with Crippen LogP contribution in [-0.2, 0) is 17.8 Å². The standard InChI is InChI=1S/C29H32ClN5O3/c1-4-35-26(21-6-5-7-23(30)16-21)17-25(32-35)28-31-27(33-38-28)22-14-18(2)24(19(3)15-22)10-13-34-11-8-20(9-12-34)29(36)37/h5-7,14-17,20H,4,8-13H2,1-3H3,(H,36,37). The second-order valence-electron chi connectivity index (χ2n) is 9.96. The third-order valence-electron chi connectivity index (χ3n) is 7.41. The van der Waals surface area contributed by atoms with Crippen LogP contribution in [0.1, 0.15) is 36.5 Å². The first-order chi connectivity index (χ1) is 18.3. The normalized spacial score (nSPS) is 14.7. The zero-order valence-electron chi connectivity index (χ0n) is 21.9. The molecule has 1 aliphatic heterocycles. The van der Waals surface area contributed by atoms with Crippen LogP contribution in [-0.4, -0.2) is 55.5 Å².